The van der Waals surface area contributed by atoms with Crippen LogP contribution in [0.1, 0.15) is 5.56 Å². The van der Waals surface area contributed by atoms with Gasteiger partial charge in [-0.15, -0.1) is 5.23 Å². The molecule has 0 bridgehead atoms. The third-order valence-electron chi connectivity index (χ3n) is 1.52. The molecule has 1 aromatic rings. The molecule has 0 aliphatic rings. The summed E-state index contributed by atoms with van der Waals surface area (Å²) in [7, 11) is 1.59. The summed E-state index contributed by atoms with van der Waals surface area (Å²) in [5.41, 5.74) is 0.855. The van der Waals surface area contributed by atoms with Gasteiger partial charge in [-0.2, -0.15) is 0 Å². The van der Waals surface area contributed by atoms with Gasteiger partial charge in [-0.3, -0.25) is 10.4 Å². The molecule has 0 amide bonds. The van der Waals surface area contributed by atoms with E-state index in [0.29, 0.717) is 0 Å². The van der Waals surface area contributed by atoms with E-state index < -0.39 is 0 Å². The molecule has 0 saturated carbocycles. The van der Waals surface area contributed by atoms with Gasteiger partial charge in [0.1, 0.15) is 5.75 Å². The fourth-order valence-electron chi connectivity index (χ4n) is 0.868. The molecule has 0 heterocycles. The molecule has 0 saturated heterocycles. The van der Waals surface area contributed by atoms with Crippen LogP contribution in [0, 0.1) is 0 Å². The molecule has 4 nitrogen and oxygen atoms in total. The number of hydroxylamine groups is 2. The third kappa shape index (κ3) is 3.14. The van der Waals surface area contributed by atoms with Gasteiger partial charge in [0.25, 0.3) is 0 Å². The SMILES string of the molecule is COc1ccc(C=CN(O)O)cc1. The lowest BCUT2D eigenvalue weighted by Crippen LogP contribution is -2.02. The molecule has 2 N–H and O–H groups in total. The van der Waals surface area contributed by atoms with Gasteiger partial charge in [0, 0.05) is 0 Å². The van der Waals surface area contributed by atoms with Gasteiger partial charge in [-0.1, -0.05) is 12.1 Å². The number of ether oxygens (including phenoxy) is 1. The first-order valence-electron chi connectivity index (χ1n) is 3.71. The van der Waals surface area contributed by atoms with E-state index in [1.165, 1.54) is 0 Å². The normalized spacial score (nSPS) is 10.4. The molecule has 0 spiro atoms. The number of nitrogens with zero attached hydrogens (tertiary/aromatic N) is 1. The van der Waals surface area contributed by atoms with Crippen LogP contribution in [0.15, 0.2) is 30.5 Å². The summed E-state index contributed by atoms with van der Waals surface area (Å²) in [5.74, 6) is 0.766. The largest absolute Gasteiger partial charge is 0.497 e. The molecule has 0 aliphatic carbocycles. The Morgan fingerprint density at radius 2 is 1.85 bits per heavy atom. The van der Waals surface area contributed by atoms with Gasteiger partial charge in [0.05, 0.1) is 13.3 Å². The number of rotatable bonds is 3. The molecule has 0 aromatic heterocycles. The molecule has 4 heteroatoms. The molecular weight excluding hydrogens is 170 g/mol. The maximum Gasteiger partial charge on any atom is 0.118 e. The van der Waals surface area contributed by atoms with Gasteiger partial charge in [0.15, 0.2) is 0 Å². The van der Waals surface area contributed by atoms with E-state index in [0.717, 1.165) is 17.5 Å². The van der Waals surface area contributed by atoms with Gasteiger partial charge in [-0.05, 0) is 23.8 Å². The maximum atomic E-state index is 8.39. The van der Waals surface area contributed by atoms with Crippen molar-refractivity contribution in [1.29, 1.82) is 0 Å². The zero-order chi connectivity index (χ0) is 9.68. The number of methoxy groups -OCH3 is 1. The lowest BCUT2D eigenvalue weighted by molar-refractivity contribution is -0.266. The second-order valence-corrected chi connectivity index (χ2v) is 2.41. The average Bonchev–Trinajstić information content (AvgIpc) is 2.15. The number of hydrogen-bond acceptors (Lipinski definition) is 4. The second kappa shape index (κ2) is 4.49. The highest BCUT2D eigenvalue weighted by Crippen LogP contribution is 2.12. The van der Waals surface area contributed by atoms with Crippen molar-refractivity contribution < 1.29 is 15.2 Å². The van der Waals surface area contributed by atoms with Crippen LogP contribution >= 0.6 is 0 Å². The van der Waals surface area contributed by atoms with Gasteiger partial charge < -0.3 is 4.74 Å². The summed E-state index contributed by atoms with van der Waals surface area (Å²) < 4.78 is 4.96. The van der Waals surface area contributed by atoms with Crippen LogP contribution in [0.2, 0.25) is 0 Å². The van der Waals surface area contributed by atoms with E-state index in [9.17, 15) is 0 Å². The van der Waals surface area contributed by atoms with Gasteiger partial charge in [0.2, 0.25) is 0 Å². The highest BCUT2D eigenvalue weighted by Gasteiger charge is 1.90. The number of hydrogen-bond donors (Lipinski definition) is 2. The van der Waals surface area contributed by atoms with E-state index in [1.54, 1.807) is 37.5 Å². The fourth-order valence-corrected chi connectivity index (χ4v) is 0.868. The van der Waals surface area contributed by atoms with Crippen molar-refractivity contribution in [2.75, 3.05) is 7.11 Å². The Kier molecular flexibility index (Phi) is 3.31. The van der Waals surface area contributed by atoms with Crippen molar-refractivity contribution in [2.24, 2.45) is 0 Å². The van der Waals surface area contributed by atoms with Crippen LogP contribution < -0.4 is 4.74 Å². The predicted molar refractivity (Wildman–Crippen MR) is 47.4 cm³/mol. The lowest BCUT2D eigenvalue weighted by atomic mass is 10.2. The highest BCUT2D eigenvalue weighted by atomic mass is 16.8. The summed E-state index contributed by atoms with van der Waals surface area (Å²) in [4.78, 5) is 0. The van der Waals surface area contributed by atoms with E-state index in [2.05, 4.69) is 0 Å². The van der Waals surface area contributed by atoms with E-state index >= 15 is 0 Å². The summed E-state index contributed by atoms with van der Waals surface area (Å²) in [6, 6.07) is 7.19. The molecule has 0 fully saturated rings. The van der Waals surface area contributed by atoms with Crippen molar-refractivity contribution >= 4 is 6.08 Å². The van der Waals surface area contributed by atoms with Crippen LogP contribution in [-0.4, -0.2) is 22.8 Å². The Morgan fingerprint density at radius 1 is 1.23 bits per heavy atom. The number of benzene rings is 1. The lowest BCUT2D eigenvalue weighted by Gasteiger charge is -2.00. The van der Waals surface area contributed by atoms with E-state index in [4.69, 9.17) is 15.2 Å². The zero-order valence-electron chi connectivity index (χ0n) is 7.21. The quantitative estimate of drug-likeness (QED) is 0.697. The maximum absolute atomic E-state index is 8.39. The minimum atomic E-state index is 0.00420. The Hall–Kier alpha value is -1.52. The predicted octanol–water partition coefficient (Wildman–Crippen LogP) is 1.75. The topological polar surface area (TPSA) is 52.9 Å². The summed E-state index contributed by atoms with van der Waals surface area (Å²) >= 11 is 0. The highest BCUT2D eigenvalue weighted by molar-refractivity contribution is 5.49. The summed E-state index contributed by atoms with van der Waals surface area (Å²) in [6.45, 7) is 0. The van der Waals surface area contributed by atoms with Crippen molar-refractivity contribution in [3.8, 4) is 5.75 Å². The molecule has 0 aliphatic heterocycles. The first-order chi connectivity index (χ1) is 6.22. The average molecular weight is 181 g/mol. The molecule has 1 aromatic carbocycles. The molecule has 0 radical (unpaired) electrons. The second-order valence-electron chi connectivity index (χ2n) is 2.41. The Labute approximate surface area is 76.2 Å². The van der Waals surface area contributed by atoms with E-state index in [-0.39, 0.29) is 5.23 Å². The Bertz CT molecular complexity index is 279. The summed E-state index contributed by atoms with van der Waals surface area (Å²) in [5, 5.41) is 16.8. The van der Waals surface area contributed by atoms with Crippen molar-refractivity contribution in [1.82, 2.24) is 5.23 Å². The van der Waals surface area contributed by atoms with Crippen LogP contribution in [-0.2, 0) is 0 Å². The Morgan fingerprint density at radius 3 is 2.31 bits per heavy atom. The first-order valence-corrected chi connectivity index (χ1v) is 3.71. The molecule has 70 valence electrons. The smallest absolute Gasteiger partial charge is 0.118 e. The fraction of sp³-hybridized carbons (Fsp3) is 0.111. The van der Waals surface area contributed by atoms with Crippen LogP contribution in [0.5, 0.6) is 5.75 Å². The molecule has 1 rings (SSSR count). The Balaban J connectivity index is 2.69. The standard InChI is InChI=1S/C9H11NO3/c1-13-9-4-2-8(3-5-9)6-7-10(11)12/h2-7,11-12H,1H3. The minimum absolute atomic E-state index is 0.00420. The van der Waals surface area contributed by atoms with Gasteiger partial charge in [-0.25, -0.2) is 0 Å². The molecular formula is C9H11NO3. The van der Waals surface area contributed by atoms with Crippen LogP contribution in [0.3, 0.4) is 0 Å². The summed E-state index contributed by atoms with van der Waals surface area (Å²) in [6.07, 6.45) is 2.68. The van der Waals surface area contributed by atoms with Crippen LogP contribution in [0.4, 0.5) is 0 Å². The van der Waals surface area contributed by atoms with Gasteiger partial charge >= 0.3 is 0 Å². The monoisotopic (exact) mass is 181 g/mol. The zero-order valence-corrected chi connectivity index (χ0v) is 7.21. The van der Waals surface area contributed by atoms with Crippen molar-refractivity contribution in [3.63, 3.8) is 0 Å². The van der Waals surface area contributed by atoms with Crippen molar-refractivity contribution in [2.45, 2.75) is 0 Å². The van der Waals surface area contributed by atoms with Crippen molar-refractivity contribution in [3.05, 3.63) is 36.0 Å². The molecule has 0 atom stereocenters. The first kappa shape index (κ1) is 9.57. The minimum Gasteiger partial charge on any atom is -0.497 e. The third-order valence-corrected chi connectivity index (χ3v) is 1.52. The molecule has 0 unspecified atom stereocenters. The van der Waals surface area contributed by atoms with Crippen LogP contribution in [0.25, 0.3) is 6.08 Å². The van der Waals surface area contributed by atoms with E-state index in [1.807, 2.05) is 0 Å². The molecule has 13 heavy (non-hydrogen) atoms.